The molecule has 3 heteroatoms. The van der Waals surface area contributed by atoms with Gasteiger partial charge in [0.25, 0.3) is 0 Å². The van der Waals surface area contributed by atoms with E-state index in [1.54, 1.807) is 0 Å². The number of pyridine rings is 1. The van der Waals surface area contributed by atoms with Gasteiger partial charge in [0.1, 0.15) is 5.82 Å². The number of hydrogen-bond acceptors (Lipinski definition) is 3. The zero-order valence-electron chi connectivity index (χ0n) is 10.4. The van der Waals surface area contributed by atoms with Crippen LogP contribution in [0.1, 0.15) is 12.5 Å². The van der Waals surface area contributed by atoms with Crippen molar-refractivity contribution in [3.63, 3.8) is 0 Å². The topological polar surface area (TPSA) is 39.9 Å². The smallest absolute Gasteiger partial charge is 0.130 e. The van der Waals surface area contributed by atoms with E-state index in [9.17, 15) is 5.26 Å². The Morgan fingerprint density at radius 1 is 1.44 bits per heavy atom. The third-order valence-corrected chi connectivity index (χ3v) is 2.88. The molecule has 0 atom stereocenters. The fourth-order valence-electron chi connectivity index (χ4n) is 1.96. The van der Waals surface area contributed by atoms with E-state index in [4.69, 9.17) is 0 Å². The average molecular weight is 237 g/mol. The maximum absolute atomic E-state index is 9.23. The van der Waals surface area contributed by atoms with Crippen molar-refractivity contribution in [2.45, 2.75) is 6.92 Å². The van der Waals surface area contributed by atoms with Gasteiger partial charge in [0.2, 0.25) is 0 Å². The lowest BCUT2D eigenvalue weighted by atomic mass is 10.1. The molecule has 0 N–H and O–H groups in total. The zero-order chi connectivity index (χ0) is 13.0. The van der Waals surface area contributed by atoms with Gasteiger partial charge < -0.3 is 4.90 Å². The van der Waals surface area contributed by atoms with Crippen molar-refractivity contribution in [3.05, 3.63) is 48.6 Å². The summed E-state index contributed by atoms with van der Waals surface area (Å²) in [7, 11) is 0. The first kappa shape index (κ1) is 12.1. The van der Waals surface area contributed by atoms with Crippen LogP contribution in [-0.4, -0.2) is 18.1 Å². The largest absolute Gasteiger partial charge is 0.353 e. The normalized spacial score (nSPS) is 10.0. The maximum Gasteiger partial charge on any atom is 0.130 e. The van der Waals surface area contributed by atoms with Crippen molar-refractivity contribution in [1.82, 2.24) is 4.98 Å². The number of benzene rings is 1. The number of anilines is 1. The van der Waals surface area contributed by atoms with Crippen LogP contribution in [-0.2, 0) is 0 Å². The molecule has 1 aromatic heterocycles. The fourth-order valence-corrected chi connectivity index (χ4v) is 1.96. The summed E-state index contributed by atoms with van der Waals surface area (Å²) in [6, 6.07) is 11.8. The number of likely N-dealkylation sites (N-methyl/N-ethyl adjacent to an activating group) is 1. The van der Waals surface area contributed by atoms with Gasteiger partial charge in [0.15, 0.2) is 0 Å². The summed E-state index contributed by atoms with van der Waals surface area (Å²) in [5.74, 6) is 0.827. The molecule has 0 aliphatic heterocycles. The second kappa shape index (κ2) is 5.33. The summed E-state index contributed by atoms with van der Waals surface area (Å²) >= 11 is 0. The molecule has 90 valence electrons. The molecule has 0 fully saturated rings. The number of para-hydroxylation sites is 1. The van der Waals surface area contributed by atoms with Crippen molar-refractivity contribution >= 4 is 16.7 Å². The predicted molar refractivity (Wildman–Crippen MR) is 74.5 cm³/mol. The molecule has 2 aromatic rings. The molecule has 3 nitrogen and oxygen atoms in total. The number of nitriles is 1. The Morgan fingerprint density at radius 3 is 2.89 bits per heavy atom. The van der Waals surface area contributed by atoms with Crippen molar-refractivity contribution in [2.24, 2.45) is 0 Å². The number of nitrogens with zero attached hydrogens (tertiary/aromatic N) is 3. The highest BCUT2D eigenvalue weighted by Crippen LogP contribution is 2.22. The van der Waals surface area contributed by atoms with Gasteiger partial charge >= 0.3 is 0 Å². The van der Waals surface area contributed by atoms with E-state index in [0.717, 1.165) is 29.8 Å². The van der Waals surface area contributed by atoms with Crippen LogP contribution in [0, 0.1) is 11.3 Å². The van der Waals surface area contributed by atoms with E-state index >= 15 is 0 Å². The van der Waals surface area contributed by atoms with Gasteiger partial charge in [-0.15, -0.1) is 6.58 Å². The van der Waals surface area contributed by atoms with Crippen molar-refractivity contribution in [1.29, 1.82) is 5.26 Å². The van der Waals surface area contributed by atoms with Crippen LogP contribution < -0.4 is 4.90 Å². The number of hydrogen-bond donors (Lipinski definition) is 0. The number of fused-ring (bicyclic) bond motifs is 1. The van der Waals surface area contributed by atoms with E-state index < -0.39 is 0 Å². The first-order valence-electron chi connectivity index (χ1n) is 5.96. The van der Waals surface area contributed by atoms with Gasteiger partial charge in [-0.2, -0.15) is 5.26 Å². The molecule has 1 aromatic carbocycles. The van der Waals surface area contributed by atoms with Crippen LogP contribution >= 0.6 is 0 Å². The van der Waals surface area contributed by atoms with Crippen LogP contribution in [0.3, 0.4) is 0 Å². The Morgan fingerprint density at radius 2 is 2.22 bits per heavy atom. The van der Waals surface area contributed by atoms with Crippen LogP contribution in [0.5, 0.6) is 0 Å². The SMILES string of the molecule is C=CCN(CC)c1cc(C#N)c2ccccc2n1. The van der Waals surface area contributed by atoms with Crippen molar-refractivity contribution < 1.29 is 0 Å². The summed E-state index contributed by atoms with van der Waals surface area (Å²) < 4.78 is 0. The lowest BCUT2D eigenvalue weighted by molar-refractivity contribution is 0.887. The lowest BCUT2D eigenvalue weighted by Crippen LogP contribution is -2.23. The van der Waals surface area contributed by atoms with E-state index in [1.165, 1.54) is 0 Å². The number of aromatic nitrogens is 1. The van der Waals surface area contributed by atoms with Gasteiger partial charge in [-0.25, -0.2) is 4.98 Å². The van der Waals surface area contributed by atoms with Gasteiger partial charge in [0, 0.05) is 18.5 Å². The summed E-state index contributed by atoms with van der Waals surface area (Å²) in [5, 5.41) is 10.1. The molecule has 0 aliphatic rings. The second-order valence-electron chi connectivity index (χ2n) is 3.98. The van der Waals surface area contributed by atoms with Crippen LogP contribution in [0.2, 0.25) is 0 Å². The monoisotopic (exact) mass is 237 g/mol. The van der Waals surface area contributed by atoms with Crippen molar-refractivity contribution in [2.75, 3.05) is 18.0 Å². The molecule has 18 heavy (non-hydrogen) atoms. The molecule has 0 spiro atoms. The Labute approximate surface area is 107 Å². The van der Waals surface area contributed by atoms with Gasteiger partial charge in [-0.05, 0) is 19.1 Å². The highest BCUT2D eigenvalue weighted by atomic mass is 15.2. The molecular weight excluding hydrogens is 222 g/mol. The summed E-state index contributed by atoms with van der Waals surface area (Å²) in [4.78, 5) is 6.68. The maximum atomic E-state index is 9.23. The van der Waals surface area contributed by atoms with Crippen LogP contribution in [0.15, 0.2) is 43.0 Å². The van der Waals surface area contributed by atoms with Gasteiger partial charge in [-0.3, -0.25) is 0 Å². The fraction of sp³-hybridized carbons (Fsp3) is 0.200. The molecule has 0 amide bonds. The molecule has 0 saturated carbocycles. The van der Waals surface area contributed by atoms with Crippen LogP contribution in [0.25, 0.3) is 10.9 Å². The third kappa shape index (κ3) is 2.18. The van der Waals surface area contributed by atoms with Crippen molar-refractivity contribution in [3.8, 4) is 6.07 Å². The summed E-state index contributed by atoms with van der Waals surface area (Å²) in [5.41, 5.74) is 1.52. The molecule has 0 saturated heterocycles. The minimum absolute atomic E-state index is 0.665. The Kier molecular flexibility index (Phi) is 3.59. The van der Waals surface area contributed by atoms with E-state index in [1.807, 2.05) is 36.4 Å². The van der Waals surface area contributed by atoms with Gasteiger partial charge in [-0.1, -0.05) is 24.3 Å². The predicted octanol–water partition coefficient (Wildman–Crippen LogP) is 3.12. The second-order valence-corrected chi connectivity index (χ2v) is 3.98. The molecule has 0 aliphatic carbocycles. The Hall–Kier alpha value is -2.34. The summed E-state index contributed by atoms with van der Waals surface area (Å²) in [6.45, 7) is 7.37. The highest BCUT2D eigenvalue weighted by molar-refractivity contribution is 5.86. The molecule has 0 unspecified atom stereocenters. The molecule has 2 rings (SSSR count). The molecular formula is C15H15N3. The van der Waals surface area contributed by atoms with E-state index in [0.29, 0.717) is 5.56 Å². The third-order valence-electron chi connectivity index (χ3n) is 2.88. The van der Waals surface area contributed by atoms with E-state index in [-0.39, 0.29) is 0 Å². The standard InChI is InChI=1S/C15H15N3/c1-3-9-18(4-2)15-10-12(11-16)13-7-5-6-8-14(13)17-15/h3,5-8,10H,1,4,9H2,2H3. The first-order chi connectivity index (χ1) is 8.80. The summed E-state index contributed by atoms with van der Waals surface area (Å²) in [6.07, 6.45) is 1.84. The lowest BCUT2D eigenvalue weighted by Gasteiger charge is -2.20. The van der Waals surface area contributed by atoms with E-state index in [2.05, 4.69) is 29.5 Å². The highest BCUT2D eigenvalue weighted by Gasteiger charge is 2.09. The van der Waals surface area contributed by atoms with Gasteiger partial charge in [0.05, 0.1) is 17.1 Å². The Bertz CT molecular complexity index is 611. The average Bonchev–Trinajstić information content (AvgIpc) is 2.43. The Balaban J connectivity index is 2.59. The molecule has 1 heterocycles. The quantitative estimate of drug-likeness (QED) is 0.767. The minimum atomic E-state index is 0.665. The van der Waals surface area contributed by atoms with Crippen LogP contribution in [0.4, 0.5) is 5.82 Å². The number of rotatable bonds is 4. The molecule has 0 radical (unpaired) electrons. The zero-order valence-corrected chi connectivity index (χ0v) is 10.4. The first-order valence-corrected chi connectivity index (χ1v) is 5.96. The minimum Gasteiger partial charge on any atom is -0.353 e. The molecule has 0 bridgehead atoms.